The monoisotopic (exact) mass is 380 g/mol. The van der Waals surface area contributed by atoms with Gasteiger partial charge in [-0.15, -0.1) is 0 Å². The number of aromatic hydroxyl groups is 1. The lowest BCUT2D eigenvalue weighted by atomic mass is 9.96. The summed E-state index contributed by atoms with van der Waals surface area (Å²) < 4.78 is 5.69. The minimum absolute atomic E-state index is 0.172. The number of para-hydroxylation sites is 1. The first-order valence-corrected chi connectivity index (χ1v) is 9.30. The Labute approximate surface area is 166 Å². The van der Waals surface area contributed by atoms with Crippen LogP contribution in [-0.4, -0.2) is 34.6 Å². The van der Waals surface area contributed by atoms with Gasteiger partial charge in [0.25, 0.3) is 0 Å². The van der Waals surface area contributed by atoms with E-state index in [1.165, 1.54) is 0 Å². The molecular weight excluding hydrogens is 352 g/mol. The van der Waals surface area contributed by atoms with Gasteiger partial charge < -0.3 is 20.1 Å². The van der Waals surface area contributed by atoms with Gasteiger partial charge in [0.15, 0.2) is 0 Å². The van der Waals surface area contributed by atoms with E-state index in [9.17, 15) is 15.3 Å². The molecule has 0 saturated carbocycles. The van der Waals surface area contributed by atoms with Crippen LogP contribution in [0.15, 0.2) is 84.0 Å². The maximum absolute atomic E-state index is 10.6. The molecule has 4 nitrogen and oxygen atoms in total. The van der Waals surface area contributed by atoms with E-state index in [0.29, 0.717) is 24.0 Å². The van der Waals surface area contributed by atoms with Gasteiger partial charge in [0.2, 0.25) is 0 Å². The Hall–Kier alpha value is -2.82. The Balaban J connectivity index is 1.93. The molecule has 2 rings (SSSR count). The van der Waals surface area contributed by atoms with Gasteiger partial charge in [-0.25, -0.2) is 0 Å². The average molecular weight is 380 g/mol. The molecule has 0 radical (unpaired) electrons. The molecular formula is C24H28O4. The van der Waals surface area contributed by atoms with Crippen molar-refractivity contribution in [3.63, 3.8) is 0 Å². The topological polar surface area (TPSA) is 69.9 Å². The van der Waals surface area contributed by atoms with Crippen molar-refractivity contribution in [3.05, 3.63) is 89.5 Å². The van der Waals surface area contributed by atoms with E-state index >= 15 is 0 Å². The van der Waals surface area contributed by atoms with E-state index in [-0.39, 0.29) is 19.0 Å². The van der Waals surface area contributed by atoms with E-state index in [0.717, 1.165) is 16.9 Å². The van der Waals surface area contributed by atoms with Gasteiger partial charge in [-0.05, 0) is 60.7 Å². The fourth-order valence-electron chi connectivity index (χ4n) is 2.88. The van der Waals surface area contributed by atoms with Crippen LogP contribution in [0.4, 0.5) is 0 Å². The van der Waals surface area contributed by atoms with E-state index in [4.69, 9.17) is 4.74 Å². The molecule has 0 aliphatic heterocycles. The summed E-state index contributed by atoms with van der Waals surface area (Å²) in [5.41, 5.74) is 3.24. The lowest BCUT2D eigenvalue weighted by molar-refractivity contribution is 0.198. The smallest absolute Gasteiger partial charge is 0.119 e. The van der Waals surface area contributed by atoms with Gasteiger partial charge in [0.05, 0.1) is 12.7 Å². The van der Waals surface area contributed by atoms with Crippen LogP contribution in [0.3, 0.4) is 0 Å². The number of phenolic OH excluding ortho intramolecular Hbond substituents is 1. The normalized spacial score (nSPS) is 13.2. The Kier molecular flexibility index (Phi) is 8.53. The molecule has 0 fully saturated rings. The lowest BCUT2D eigenvalue weighted by Gasteiger charge is -2.18. The highest BCUT2D eigenvalue weighted by Gasteiger charge is 2.14. The summed E-state index contributed by atoms with van der Waals surface area (Å²) in [6.45, 7) is 6.06. The molecule has 148 valence electrons. The van der Waals surface area contributed by atoms with Crippen molar-refractivity contribution < 1.29 is 20.1 Å². The number of rotatable bonds is 10. The van der Waals surface area contributed by atoms with Crippen LogP contribution in [0.5, 0.6) is 11.5 Å². The molecule has 0 heterocycles. The van der Waals surface area contributed by atoms with Gasteiger partial charge >= 0.3 is 0 Å². The molecule has 1 atom stereocenters. The van der Waals surface area contributed by atoms with Crippen molar-refractivity contribution in [2.45, 2.75) is 25.9 Å². The van der Waals surface area contributed by atoms with Crippen molar-refractivity contribution in [1.82, 2.24) is 0 Å². The van der Waals surface area contributed by atoms with Gasteiger partial charge in [0, 0.05) is 0 Å². The number of aliphatic hydroxyl groups is 2. The largest absolute Gasteiger partial charge is 0.508 e. The molecule has 1 unspecified atom stereocenters. The van der Waals surface area contributed by atoms with E-state index in [2.05, 4.69) is 6.58 Å². The first kappa shape index (κ1) is 21.5. The summed E-state index contributed by atoms with van der Waals surface area (Å²) in [6, 6.07) is 16.4. The van der Waals surface area contributed by atoms with Crippen molar-refractivity contribution in [3.8, 4) is 11.5 Å². The lowest BCUT2D eigenvalue weighted by Crippen LogP contribution is -2.16. The third-order valence-corrected chi connectivity index (χ3v) is 4.33. The van der Waals surface area contributed by atoms with Crippen LogP contribution in [0.2, 0.25) is 0 Å². The summed E-state index contributed by atoms with van der Waals surface area (Å²) in [6.07, 6.45) is 3.99. The highest BCUT2D eigenvalue weighted by Crippen LogP contribution is 2.22. The molecule has 0 spiro atoms. The highest BCUT2D eigenvalue weighted by atomic mass is 16.5. The second-order valence-corrected chi connectivity index (χ2v) is 6.69. The van der Waals surface area contributed by atoms with E-state index in [1.807, 2.05) is 49.4 Å². The van der Waals surface area contributed by atoms with Crippen molar-refractivity contribution in [1.29, 1.82) is 0 Å². The second-order valence-electron chi connectivity index (χ2n) is 6.69. The molecule has 0 bridgehead atoms. The van der Waals surface area contributed by atoms with E-state index in [1.54, 1.807) is 24.3 Å². The summed E-state index contributed by atoms with van der Waals surface area (Å²) in [5, 5.41) is 29.5. The first-order chi connectivity index (χ1) is 13.5. The van der Waals surface area contributed by atoms with Gasteiger partial charge in [-0.2, -0.15) is 0 Å². The highest BCUT2D eigenvalue weighted by molar-refractivity contribution is 5.54. The van der Waals surface area contributed by atoms with Crippen molar-refractivity contribution in [2.24, 2.45) is 0 Å². The second kappa shape index (κ2) is 11.1. The fraction of sp³-hybridized carbons (Fsp3) is 0.250. The molecule has 0 saturated heterocycles. The van der Waals surface area contributed by atoms with Crippen LogP contribution in [0.25, 0.3) is 6.08 Å². The standard InChI is InChI=1S/C24H28O4/c1-18(15-20-7-6-8-21(26)16-20)11-12-24(27)23(13-14-25)19(2)17-28-22-9-4-3-5-10-22/h3-10,13,15-16,24-27H,2,11-12,14,17H2,1H3/b18-15+,23-13-. The quantitative estimate of drug-likeness (QED) is 0.531. The number of allylic oxidation sites excluding steroid dienone is 1. The van der Waals surface area contributed by atoms with E-state index < -0.39 is 6.10 Å². The molecule has 4 heteroatoms. The molecule has 2 aromatic carbocycles. The summed E-state index contributed by atoms with van der Waals surface area (Å²) in [4.78, 5) is 0. The molecule has 28 heavy (non-hydrogen) atoms. The maximum Gasteiger partial charge on any atom is 0.119 e. The Morgan fingerprint density at radius 3 is 2.57 bits per heavy atom. The predicted octanol–water partition coefficient (Wildman–Crippen LogP) is 4.49. The number of phenols is 1. The van der Waals surface area contributed by atoms with Gasteiger partial charge in [-0.3, -0.25) is 0 Å². The number of hydrogen-bond acceptors (Lipinski definition) is 4. The van der Waals surface area contributed by atoms with Gasteiger partial charge in [0.1, 0.15) is 18.1 Å². The molecule has 3 N–H and O–H groups in total. The molecule has 2 aromatic rings. The fourth-order valence-corrected chi connectivity index (χ4v) is 2.88. The van der Waals surface area contributed by atoms with Gasteiger partial charge in [-0.1, -0.05) is 54.6 Å². The average Bonchev–Trinajstić information content (AvgIpc) is 2.69. The molecule has 0 aromatic heterocycles. The Bertz CT molecular complexity index is 822. The van der Waals surface area contributed by atoms with Crippen LogP contribution in [0.1, 0.15) is 25.3 Å². The third kappa shape index (κ3) is 7.06. The number of benzene rings is 2. The molecule has 0 aliphatic rings. The summed E-state index contributed by atoms with van der Waals surface area (Å²) in [5.74, 6) is 0.954. The van der Waals surface area contributed by atoms with Crippen LogP contribution in [-0.2, 0) is 0 Å². The number of ether oxygens (including phenoxy) is 1. The van der Waals surface area contributed by atoms with Crippen LogP contribution < -0.4 is 4.74 Å². The summed E-state index contributed by atoms with van der Waals surface area (Å²) in [7, 11) is 0. The zero-order chi connectivity index (χ0) is 20.4. The zero-order valence-electron chi connectivity index (χ0n) is 16.2. The van der Waals surface area contributed by atoms with Crippen molar-refractivity contribution >= 4 is 6.08 Å². The van der Waals surface area contributed by atoms with Crippen LogP contribution in [0, 0.1) is 0 Å². The number of aliphatic hydroxyl groups excluding tert-OH is 2. The Morgan fingerprint density at radius 2 is 1.89 bits per heavy atom. The van der Waals surface area contributed by atoms with Crippen molar-refractivity contribution in [2.75, 3.05) is 13.2 Å². The minimum atomic E-state index is -0.744. The third-order valence-electron chi connectivity index (χ3n) is 4.33. The predicted molar refractivity (Wildman–Crippen MR) is 113 cm³/mol. The first-order valence-electron chi connectivity index (χ1n) is 9.30. The zero-order valence-corrected chi connectivity index (χ0v) is 16.2. The maximum atomic E-state index is 10.6. The molecule has 0 amide bonds. The minimum Gasteiger partial charge on any atom is -0.508 e. The van der Waals surface area contributed by atoms with Crippen LogP contribution >= 0.6 is 0 Å². The molecule has 0 aliphatic carbocycles. The summed E-state index contributed by atoms with van der Waals surface area (Å²) >= 11 is 0. The number of hydrogen-bond donors (Lipinski definition) is 3. The Morgan fingerprint density at radius 1 is 1.14 bits per heavy atom. The SMILES string of the molecule is C=C(COc1ccccc1)/C(=C/CO)C(O)CC/C(C)=C/c1cccc(O)c1.